The Hall–Kier alpha value is -1.67. The molecule has 0 spiro atoms. The van der Waals surface area contributed by atoms with Gasteiger partial charge in [0.1, 0.15) is 0 Å². The van der Waals surface area contributed by atoms with Crippen molar-refractivity contribution in [2.45, 2.75) is 44.1 Å². The largest absolute Gasteiger partial charge is 0.379 e. The van der Waals surface area contributed by atoms with Crippen LogP contribution < -0.4 is 10.2 Å². The van der Waals surface area contributed by atoms with Crippen molar-refractivity contribution < 1.29 is 13.6 Å². The minimum absolute atomic E-state index is 0.0160. The molecule has 0 radical (unpaired) electrons. The number of amides is 1. The number of carbonyl (C=O) groups is 1. The number of halogens is 2. The Balaban J connectivity index is 1.75. The molecule has 140 valence electrons. The van der Waals surface area contributed by atoms with Gasteiger partial charge in [0, 0.05) is 21.4 Å². The van der Waals surface area contributed by atoms with Crippen LogP contribution in [-0.4, -0.2) is 29.6 Å². The summed E-state index contributed by atoms with van der Waals surface area (Å²) >= 11 is 3.01. The summed E-state index contributed by atoms with van der Waals surface area (Å²) in [4.78, 5) is 18.7. The van der Waals surface area contributed by atoms with E-state index in [-0.39, 0.29) is 17.1 Å². The van der Waals surface area contributed by atoms with Gasteiger partial charge in [-0.25, -0.2) is 13.8 Å². The minimum Gasteiger partial charge on any atom is -0.379 e. The number of rotatable bonds is 5. The molecule has 1 aliphatic heterocycles. The van der Waals surface area contributed by atoms with E-state index in [1.807, 2.05) is 17.5 Å². The number of fused-ring (bicyclic) bond motifs is 1. The molecule has 1 aromatic heterocycles. The first-order chi connectivity index (χ1) is 12.2. The van der Waals surface area contributed by atoms with E-state index in [0.717, 1.165) is 21.3 Å². The Morgan fingerprint density at radius 1 is 1.35 bits per heavy atom. The van der Waals surface area contributed by atoms with Crippen LogP contribution in [-0.2, 0) is 16.8 Å². The maximum atomic E-state index is 12.8. The van der Waals surface area contributed by atoms with Crippen molar-refractivity contribution in [1.29, 1.82) is 0 Å². The normalized spacial score (nSPS) is 14.7. The molecule has 0 atom stereocenters. The number of anilines is 2. The van der Waals surface area contributed by atoms with Crippen molar-refractivity contribution >= 4 is 40.4 Å². The van der Waals surface area contributed by atoms with E-state index in [4.69, 9.17) is 0 Å². The van der Waals surface area contributed by atoms with Gasteiger partial charge >= 0.3 is 0 Å². The molecule has 0 saturated carbocycles. The summed E-state index contributed by atoms with van der Waals surface area (Å²) in [6, 6.07) is 5.53. The molecular formula is C18H21F2N3OS2. The predicted molar refractivity (Wildman–Crippen MR) is 104 cm³/mol. The van der Waals surface area contributed by atoms with E-state index in [1.54, 1.807) is 17.4 Å². The molecule has 2 aromatic rings. The third-order valence-electron chi connectivity index (χ3n) is 3.89. The van der Waals surface area contributed by atoms with E-state index < -0.39 is 13.0 Å². The molecule has 0 unspecified atom stereocenters. The molecule has 26 heavy (non-hydrogen) atoms. The van der Waals surface area contributed by atoms with Crippen molar-refractivity contribution in [3.8, 4) is 0 Å². The van der Waals surface area contributed by atoms with Crippen molar-refractivity contribution in [1.82, 2.24) is 4.98 Å². The summed E-state index contributed by atoms with van der Waals surface area (Å²) in [6.07, 6.45) is -2.56. The van der Waals surface area contributed by atoms with Crippen LogP contribution in [0.15, 0.2) is 28.5 Å². The zero-order valence-electron chi connectivity index (χ0n) is 14.9. The van der Waals surface area contributed by atoms with Gasteiger partial charge in [0.15, 0.2) is 0 Å². The highest BCUT2D eigenvalue weighted by atomic mass is 32.2. The molecule has 1 amide bonds. The minimum atomic E-state index is -2.56. The first-order valence-corrected chi connectivity index (χ1v) is 10.1. The summed E-state index contributed by atoms with van der Waals surface area (Å²) < 4.78 is 25.7. The van der Waals surface area contributed by atoms with Gasteiger partial charge in [-0.2, -0.15) is 0 Å². The smallest absolute Gasteiger partial charge is 0.256 e. The van der Waals surface area contributed by atoms with Crippen LogP contribution in [0.3, 0.4) is 0 Å². The Morgan fingerprint density at radius 2 is 2.12 bits per heavy atom. The lowest BCUT2D eigenvalue weighted by Gasteiger charge is -2.29. The van der Waals surface area contributed by atoms with Gasteiger partial charge in [0.05, 0.1) is 35.2 Å². The molecule has 1 aliphatic rings. The lowest BCUT2D eigenvalue weighted by molar-refractivity contribution is -0.116. The van der Waals surface area contributed by atoms with Gasteiger partial charge in [-0.1, -0.05) is 20.8 Å². The number of nitrogens with one attached hydrogen (secondary N) is 1. The molecule has 4 nitrogen and oxygen atoms in total. The van der Waals surface area contributed by atoms with E-state index in [0.29, 0.717) is 12.2 Å². The summed E-state index contributed by atoms with van der Waals surface area (Å²) in [5, 5.41) is 6.37. The molecule has 0 saturated heterocycles. The van der Waals surface area contributed by atoms with Crippen molar-refractivity contribution in [3.05, 3.63) is 34.3 Å². The number of thiazole rings is 1. The molecule has 8 heteroatoms. The topological polar surface area (TPSA) is 45.2 Å². The monoisotopic (exact) mass is 397 g/mol. The zero-order valence-corrected chi connectivity index (χ0v) is 16.5. The van der Waals surface area contributed by atoms with Crippen molar-refractivity contribution in [3.63, 3.8) is 0 Å². The molecule has 1 N–H and O–H groups in total. The quantitative estimate of drug-likeness (QED) is 0.790. The Kier molecular flexibility index (Phi) is 5.53. The average molecular weight is 398 g/mol. The molecule has 3 rings (SSSR count). The second-order valence-electron chi connectivity index (χ2n) is 7.11. The third-order valence-corrected chi connectivity index (χ3v) is 6.25. The molecule has 1 aromatic carbocycles. The van der Waals surface area contributed by atoms with E-state index in [9.17, 15) is 13.6 Å². The summed E-state index contributed by atoms with van der Waals surface area (Å²) in [5.74, 6) is -0.0877. The Morgan fingerprint density at radius 3 is 2.77 bits per heavy atom. The second kappa shape index (κ2) is 7.52. The number of benzene rings is 1. The van der Waals surface area contributed by atoms with E-state index in [2.05, 4.69) is 31.1 Å². The molecule has 0 bridgehead atoms. The molecule has 2 heterocycles. The molecule has 0 aliphatic carbocycles. The van der Waals surface area contributed by atoms with Crippen molar-refractivity contribution in [2.75, 3.05) is 22.5 Å². The molecule has 0 fully saturated rings. The highest BCUT2D eigenvalue weighted by molar-refractivity contribution is 8.00. The van der Waals surface area contributed by atoms with Gasteiger partial charge in [-0.05, 0) is 18.2 Å². The highest BCUT2D eigenvalue weighted by Crippen LogP contribution is 2.37. The van der Waals surface area contributed by atoms with Gasteiger partial charge in [-0.15, -0.1) is 23.1 Å². The fraction of sp³-hybridized carbons (Fsp3) is 0.444. The van der Waals surface area contributed by atoms with Gasteiger partial charge in [-0.3, -0.25) is 4.79 Å². The van der Waals surface area contributed by atoms with Crippen LogP contribution in [0.25, 0.3) is 0 Å². The van der Waals surface area contributed by atoms with Crippen LogP contribution in [0.5, 0.6) is 0 Å². The SMILES string of the molecule is CC(C)(C)c1nc(CNc2ccc3c(c2)N(CC(F)F)C(=O)CS3)cs1. The van der Waals surface area contributed by atoms with Crippen LogP contribution in [0.4, 0.5) is 20.2 Å². The zero-order chi connectivity index (χ0) is 18.9. The van der Waals surface area contributed by atoms with Gasteiger partial charge in [0.2, 0.25) is 5.91 Å². The number of carbonyl (C=O) groups excluding carboxylic acids is 1. The summed E-state index contributed by atoms with van der Waals surface area (Å²) in [5.41, 5.74) is 2.28. The fourth-order valence-electron chi connectivity index (χ4n) is 2.58. The highest BCUT2D eigenvalue weighted by Gasteiger charge is 2.27. The predicted octanol–water partition coefficient (Wildman–Crippen LogP) is 4.76. The lowest BCUT2D eigenvalue weighted by Crippen LogP contribution is -2.38. The van der Waals surface area contributed by atoms with Gasteiger partial charge < -0.3 is 10.2 Å². The fourth-order valence-corrected chi connectivity index (χ4v) is 4.40. The number of alkyl halides is 2. The number of nitrogens with zero attached hydrogens (tertiary/aromatic N) is 2. The van der Waals surface area contributed by atoms with Crippen LogP contribution in [0, 0.1) is 0 Å². The summed E-state index contributed by atoms with van der Waals surface area (Å²) in [6.45, 7) is 6.34. The van der Waals surface area contributed by atoms with E-state index in [1.165, 1.54) is 16.7 Å². The number of hydrogen-bond acceptors (Lipinski definition) is 5. The van der Waals surface area contributed by atoms with Crippen LogP contribution >= 0.6 is 23.1 Å². The van der Waals surface area contributed by atoms with E-state index >= 15 is 0 Å². The molecular weight excluding hydrogens is 376 g/mol. The first-order valence-electron chi connectivity index (χ1n) is 8.28. The Bertz CT molecular complexity index is 802. The standard InChI is InChI=1S/C18H21F2N3OS2/c1-18(2,3)17-22-12(9-26-17)7-21-11-4-5-14-13(6-11)23(8-15(19)20)16(24)10-25-14/h4-6,9,15,21H,7-8,10H2,1-3H3. The first kappa shape index (κ1) is 19.1. The maximum Gasteiger partial charge on any atom is 0.256 e. The van der Waals surface area contributed by atoms with Crippen LogP contribution in [0.2, 0.25) is 0 Å². The number of hydrogen-bond donors (Lipinski definition) is 1. The maximum absolute atomic E-state index is 12.8. The number of thioether (sulfide) groups is 1. The Labute approximate surface area is 160 Å². The average Bonchev–Trinajstić information content (AvgIpc) is 3.04. The van der Waals surface area contributed by atoms with Crippen molar-refractivity contribution in [2.24, 2.45) is 0 Å². The summed E-state index contributed by atoms with van der Waals surface area (Å²) in [7, 11) is 0. The second-order valence-corrected chi connectivity index (χ2v) is 8.99. The van der Waals surface area contributed by atoms with Crippen LogP contribution in [0.1, 0.15) is 31.5 Å². The van der Waals surface area contributed by atoms with Gasteiger partial charge in [0.25, 0.3) is 6.43 Å². The lowest BCUT2D eigenvalue weighted by atomic mass is 9.98. The number of aromatic nitrogens is 1. The third kappa shape index (κ3) is 4.35.